The molecular formula is C24H29N3O2S. The monoisotopic (exact) mass is 423 g/mol. The molecule has 0 aliphatic heterocycles. The summed E-state index contributed by atoms with van der Waals surface area (Å²) in [6.07, 6.45) is 0. The Kier molecular flexibility index (Phi) is 6.66. The van der Waals surface area contributed by atoms with Crippen LogP contribution in [-0.4, -0.2) is 20.7 Å². The number of benzene rings is 2. The van der Waals surface area contributed by atoms with Gasteiger partial charge in [-0.05, 0) is 56.9 Å². The first-order valence-electron chi connectivity index (χ1n) is 10.3. The van der Waals surface area contributed by atoms with Crippen molar-refractivity contribution in [1.82, 2.24) is 9.55 Å². The minimum absolute atomic E-state index is 0.0590. The van der Waals surface area contributed by atoms with Gasteiger partial charge in [-0.2, -0.15) is 0 Å². The Labute approximate surface area is 181 Å². The third-order valence-corrected chi connectivity index (χ3v) is 6.18. The van der Waals surface area contributed by atoms with Crippen molar-refractivity contribution in [2.24, 2.45) is 0 Å². The van der Waals surface area contributed by atoms with Crippen molar-refractivity contribution in [1.29, 1.82) is 0 Å². The van der Waals surface area contributed by atoms with Gasteiger partial charge in [0.2, 0.25) is 5.91 Å². The van der Waals surface area contributed by atoms with E-state index >= 15 is 0 Å². The molecule has 30 heavy (non-hydrogen) atoms. The van der Waals surface area contributed by atoms with Gasteiger partial charge in [-0.3, -0.25) is 14.2 Å². The van der Waals surface area contributed by atoms with Crippen molar-refractivity contribution in [2.45, 2.75) is 63.9 Å². The van der Waals surface area contributed by atoms with Crippen LogP contribution in [0.25, 0.3) is 10.9 Å². The van der Waals surface area contributed by atoms with Crippen molar-refractivity contribution < 1.29 is 4.79 Å². The second-order valence-electron chi connectivity index (χ2n) is 8.12. The summed E-state index contributed by atoms with van der Waals surface area (Å²) in [5.74, 6) is 0.199. The SMILES string of the molecule is Cc1cccc(C(C)C)c1NC(=O)[C@H](C)Sc1nc2ccccc2c(=O)n1C(C)C. The standard InChI is InChI=1S/C24H29N3O2S/c1-14(2)18-12-9-10-16(5)21(18)26-22(28)17(6)30-24-25-20-13-8-7-11-19(20)23(29)27(24)15(3)4/h7-15,17H,1-6H3,(H,26,28)/t17-/m0/s1. The Morgan fingerprint density at radius 1 is 1.03 bits per heavy atom. The van der Waals surface area contributed by atoms with Gasteiger partial charge in [0.15, 0.2) is 5.16 Å². The lowest BCUT2D eigenvalue weighted by Gasteiger charge is -2.20. The van der Waals surface area contributed by atoms with Crippen LogP contribution in [0.15, 0.2) is 52.4 Å². The quantitative estimate of drug-likeness (QED) is 0.418. The molecule has 0 spiro atoms. The van der Waals surface area contributed by atoms with Crippen LogP contribution in [0, 0.1) is 6.92 Å². The zero-order chi connectivity index (χ0) is 22.0. The summed E-state index contributed by atoms with van der Waals surface area (Å²) in [6.45, 7) is 12.0. The van der Waals surface area contributed by atoms with E-state index in [0.29, 0.717) is 22.0 Å². The summed E-state index contributed by atoms with van der Waals surface area (Å²) in [5.41, 5.74) is 3.60. The number of aromatic nitrogens is 2. The predicted octanol–water partition coefficient (Wildman–Crippen LogP) is 5.53. The van der Waals surface area contributed by atoms with E-state index < -0.39 is 5.25 Å². The zero-order valence-corrected chi connectivity index (χ0v) is 19.2. The van der Waals surface area contributed by atoms with Gasteiger partial charge in [0.05, 0.1) is 16.2 Å². The molecule has 0 aliphatic rings. The predicted molar refractivity (Wildman–Crippen MR) is 126 cm³/mol. The topological polar surface area (TPSA) is 64.0 Å². The van der Waals surface area contributed by atoms with E-state index in [4.69, 9.17) is 4.98 Å². The summed E-state index contributed by atoms with van der Waals surface area (Å²) in [5, 5.41) is 3.84. The summed E-state index contributed by atoms with van der Waals surface area (Å²) >= 11 is 1.31. The molecule has 158 valence electrons. The summed E-state index contributed by atoms with van der Waals surface area (Å²) in [4.78, 5) is 30.7. The number of para-hydroxylation sites is 2. The number of anilines is 1. The first-order valence-corrected chi connectivity index (χ1v) is 11.2. The number of thioether (sulfide) groups is 1. The maximum atomic E-state index is 13.0. The van der Waals surface area contributed by atoms with Crippen LogP contribution in [0.2, 0.25) is 0 Å². The smallest absolute Gasteiger partial charge is 0.262 e. The van der Waals surface area contributed by atoms with Crippen LogP contribution >= 0.6 is 11.8 Å². The highest BCUT2D eigenvalue weighted by molar-refractivity contribution is 8.00. The van der Waals surface area contributed by atoms with Gasteiger partial charge in [-0.15, -0.1) is 0 Å². The highest BCUT2D eigenvalue weighted by atomic mass is 32.2. The van der Waals surface area contributed by atoms with E-state index in [9.17, 15) is 9.59 Å². The van der Waals surface area contributed by atoms with E-state index in [1.807, 2.05) is 64.1 Å². The Morgan fingerprint density at radius 2 is 1.73 bits per heavy atom. The number of hydrogen-bond donors (Lipinski definition) is 1. The average molecular weight is 424 g/mol. The minimum atomic E-state index is -0.414. The molecule has 5 nitrogen and oxygen atoms in total. The average Bonchev–Trinajstić information content (AvgIpc) is 2.69. The molecule has 0 aliphatic carbocycles. The normalized spacial score (nSPS) is 12.5. The number of amides is 1. The minimum Gasteiger partial charge on any atom is -0.325 e. The molecule has 3 aromatic rings. The van der Waals surface area contributed by atoms with Crippen LogP contribution in [-0.2, 0) is 4.79 Å². The fourth-order valence-electron chi connectivity index (χ4n) is 3.44. The van der Waals surface area contributed by atoms with Gasteiger partial charge in [-0.1, -0.05) is 55.9 Å². The highest BCUT2D eigenvalue weighted by Gasteiger charge is 2.22. The molecule has 1 heterocycles. The Bertz CT molecular complexity index is 1130. The second kappa shape index (κ2) is 9.04. The molecule has 0 unspecified atom stereocenters. The summed E-state index contributed by atoms with van der Waals surface area (Å²) in [6, 6.07) is 13.3. The van der Waals surface area contributed by atoms with Gasteiger partial charge in [0.25, 0.3) is 5.56 Å². The van der Waals surface area contributed by atoms with E-state index in [-0.39, 0.29) is 17.5 Å². The number of fused-ring (bicyclic) bond motifs is 1. The Morgan fingerprint density at radius 3 is 2.40 bits per heavy atom. The number of carbonyl (C=O) groups excluding carboxylic acids is 1. The van der Waals surface area contributed by atoms with Crippen LogP contribution in [0.3, 0.4) is 0 Å². The lowest BCUT2D eigenvalue weighted by Crippen LogP contribution is -2.28. The van der Waals surface area contributed by atoms with Gasteiger partial charge in [0.1, 0.15) is 0 Å². The highest BCUT2D eigenvalue weighted by Crippen LogP contribution is 2.30. The lowest BCUT2D eigenvalue weighted by atomic mass is 9.98. The van der Waals surface area contributed by atoms with E-state index in [0.717, 1.165) is 16.8 Å². The van der Waals surface area contributed by atoms with Crippen LogP contribution in [0.5, 0.6) is 0 Å². The van der Waals surface area contributed by atoms with Crippen LogP contribution in [0.4, 0.5) is 5.69 Å². The number of nitrogens with one attached hydrogen (secondary N) is 1. The van der Waals surface area contributed by atoms with Crippen LogP contribution in [0.1, 0.15) is 57.7 Å². The fourth-order valence-corrected chi connectivity index (χ4v) is 4.48. The molecule has 0 saturated carbocycles. The number of carbonyl (C=O) groups is 1. The molecule has 3 rings (SSSR count). The number of aryl methyl sites for hydroxylation is 1. The molecule has 6 heteroatoms. The third kappa shape index (κ3) is 4.43. The van der Waals surface area contributed by atoms with E-state index in [1.54, 1.807) is 10.6 Å². The molecule has 2 aromatic carbocycles. The molecule has 0 bridgehead atoms. The van der Waals surface area contributed by atoms with E-state index in [1.165, 1.54) is 11.8 Å². The maximum absolute atomic E-state index is 13.0. The molecule has 0 saturated heterocycles. The van der Waals surface area contributed by atoms with Gasteiger partial charge in [0, 0.05) is 11.7 Å². The van der Waals surface area contributed by atoms with Crippen LogP contribution < -0.4 is 10.9 Å². The van der Waals surface area contributed by atoms with Crippen molar-refractivity contribution in [3.63, 3.8) is 0 Å². The second-order valence-corrected chi connectivity index (χ2v) is 9.43. The largest absolute Gasteiger partial charge is 0.325 e. The maximum Gasteiger partial charge on any atom is 0.262 e. The fraction of sp³-hybridized carbons (Fsp3) is 0.375. The van der Waals surface area contributed by atoms with Gasteiger partial charge >= 0.3 is 0 Å². The van der Waals surface area contributed by atoms with Gasteiger partial charge in [-0.25, -0.2) is 4.98 Å². The molecule has 1 aromatic heterocycles. The number of rotatable bonds is 6. The lowest BCUT2D eigenvalue weighted by molar-refractivity contribution is -0.115. The van der Waals surface area contributed by atoms with Crippen molar-refractivity contribution >= 4 is 34.3 Å². The van der Waals surface area contributed by atoms with Crippen molar-refractivity contribution in [3.8, 4) is 0 Å². The third-order valence-electron chi connectivity index (χ3n) is 5.12. The number of hydrogen-bond acceptors (Lipinski definition) is 4. The van der Waals surface area contributed by atoms with Crippen molar-refractivity contribution in [2.75, 3.05) is 5.32 Å². The first kappa shape index (κ1) is 22.1. The molecule has 1 N–H and O–H groups in total. The van der Waals surface area contributed by atoms with Crippen molar-refractivity contribution in [3.05, 3.63) is 63.9 Å². The van der Waals surface area contributed by atoms with Gasteiger partial charge < -0.3 is 5.32 Å². The molecule has 1 atom stereocenters. The number of nitrogens with zero attached hydrogens (tertiary/aromatic N) is 2. The molecule has 0 radical (unpaired) electrons. The Balaban J connectivity index is 1.92. The molecular weight excluding hydrogens is 394 g/mol. The summed E-state index contributed by atoms with van der Waals surface area (Å²) in [7, 11) is 0. The Hall–Kier alpha value is -2.60. The molecule has 1 amide bonds. The zero-order valence-electron chi connectivity index (χ0n) is 18.4. The molecule has 0 fully saturated rings. The summed E-state index contributed by atoms with van der Waals surface area (Å²) < 4.78 is 1.67. The van der Waals surface area contributed by atoms with E-state index in [2.05, 4.69) is 19.2 Å². The first-order chi connectivity index (χ1) is 14.2.